The Kier molecular flexibility index (Phi) is 6.70. The first kappa shape index (κ1) is 22.9. The van der Waals surface area contributed by atoms with Crippen molar-refractivity contribution < 1.29 is 14.6 Å². The highest BCUT2D eigenvalue weighted by Gasteiger charge is 2.27. The van der Waals surface area contributed by atoms with Gasteiger partial charge in [-0.15, -0.1) is 11.3 Å². The van der Waals surface area contributed by atoms with E-state index in [1.165, 1.54) is 28.9 Å². The molecule has 1 aliphatic carbocycles. The number of hydrogen-bond donors (Lipinski definition) is 1. The van der Waals surface area contributed by atoms with E-state index in [0.717, 1.165) is 36.1 Å². The second-order valence-corrected chi connectivity index (χ2v) is 9.58. The van der Waals surface area contributed by atoms with E-state index in [2.05, 4.69) is 29.1 Å². The quantitative estimate of drug-likeness (QED) is 0.249. The average molecular weight is 462 g/mol. The second-order valence-electron chi connectivity index (χ2n) is 8.49. The van der Waals surface area contributed by atoms with Crippen LogP contribution in [0.15, 0.2) is 51.6 Å². The van der Waals surface area contributed by atoms with Gasteiger partial charge in [0.15, 0.2) is 0 Å². The molecule has 170 valence electrons. The molecule has 1 N–H and O–H groups in total. The van der Waals surface area contributed by atoms with Gasteiger partial charge in [0.25, 0.3) is 0 Å². The van der Waals surface area contributed by atoms with Gasteiger partial charge in [-0.3, -0.25) is 0 Å². The lowest BCUT2D eigenvalue weighted by Gasteiger charge is -2.18. The van der Waals surface area contributed by atoms with Crippen LogP contribution in [0.25, 0.3) is 0 Å². The lowest BCUT2D eigenvalue weighted by atomic mass is 9.88. The minimum atomic E-state index is -0.366. The van der Waals surface area contributed by atoms with Crippen molar-refractivity contribution in [3.8, 4) is 5.75 Å². The predicted octanol–water partition coefficient (Wildman–Crippen LogP) is 7.15. The van der Waals surface area contributed by atoms with E-state index >= 15 is 0 Å². The first-order valence-corrected chi connectivity index (χ1v) is 11.8. The van der Waals surface area contributed by atoms with Crippen molar-refractivity contribution in [2.24, 2.45) is 21.1 Å². The van der Waals surface area contributed by atoms with E-state index in [9.17, 15) is 9.90 Å². The molecular weight excluding hydrogens is 434 g/mol. The molecule has 0 radical (unpaired) electrons. The number of carbonyl (C=O) groups excluding carboxylic acids is 1. The van der Waals surface area contributed by atoms with Crippen molar-refractivity contribution in [3.63, 3.8) is 0 Å². The number of aromatic hydroxyl groups is 1. The Balaban J connectivity index is 1.63. The van der Waals surface area contributed by atoms with Crippen LogP contribution in [0.5, 0.6) is 5.75 Å². The Bertz CT molecular complexity index is 1260. The van der Waals surface area contributed by atoms with Crippen LogP contribution in [0.1, 0.15) is 50.8 Å². The lowest BCUT2D eigenvalue weighted by Crippen LogP contribution is -2.12. The topological polar surface area (TPSA) is 83.6 Å². The molecule has 7 heteroatoms. The summed E-state index contributed by atoms with van der Waals surface area (Å²) in [6.45, 7) is 6.31. The van der Waals surface area contributed by atoms with Crippen molar-refractivity contribution in [1.29, 1.82) is 0 Å². The van der Waals surface area contributed by atoms with Crippen LogP contribution in [0.2, 0.25) is 0 Å². The molecule has 1 heterocycles. The van der Waals surface area contributed by atoms with Gasteiger partial charge in [-0.25, -0.2) is 9.79 Å². The number of aliphatic imine (C=N–C) groups is 1. The average Bonchev–Trinajstić information content (AvgIpc) is 3.16. The monoisotopic (exact) mass is 461 g/mol. The van der Waals surface area contributed by atoms with Crippen molar-refractivity contribution >= 4 is 39.9 Å². The number of thiophene rings is 1. The third-order valence-electron chi connectivity index (χ3n) is 5.99. The Morgan fingerprint density at radius 2 is 1.85 bits per heavy atom. The van der Waals surface area contributed by atoms with Crippen molar-refractivity contribution in [2.45, 2.75) is 40.0 Å². The number of phenolic OH excluding ortho intramolecular Hbond substituents is 1. The van der Waals surface area contributed by atoms with Crippen LogP contribution in [0, 0.1) is 19.8 Å². The summed E-state index contributed by atoms with van der Waals surface area (Å²) in [7, 11) is 1.39. The number of phenols is 1. The largest absolute Gasteiger partial charge is 0.507 e. The van der Waals surface area contributed by atoms with Crippen molar-refractivity contribution in [3.05, 3.63) is 69.1 Å². The highest BCUT2D eigenvalue weighted by atomic mass is 32.1. The molecule has 1 aromatic heterocycles. The van der Waals surface area contributed by atoms with Crippen molar-refractivity contribution in [1.82, 2.24) is 0 Å². The molecule has 33 heavy (non-hydrogen) atoms. The summed E-state index contributed by atoms with van der Waals surface area (Å²) in [4.78, 5) is 18.3. The van der Waals surface area contributed by atoms with Gasteiger partial charge < -0.3 is 9.84 Å². The van der Waals surface area contributed by atoms with Crippen LogP contribution in [0.4, 0.5) is 16.4 Å². The lowest BCUT2D eigenvalue weighted by molar-refractivity contribution is 0.0600. The summed E-state index contributed by atoms with van der Waals surface area (Å²) in [5.41, 5.74) is 5.82. The second kappa shape index (κ2) is 9.67. The fourth-order valence-electron chi connectivity index (χ4n) is 3.88. The number of esters is 1. The zero-order valence-corrected chi connectivity index (χ0v) is 20.1. The van der Waals surface area contributed by atoms with E-state index in [-0.39, 0.29) is 11.7 Å². The maximum atomic E-state index is 12.5. The molecule has 6 nitrogen and oxygen atoms in total. The highest BCUT2D eigenvalue weighted by Crippen LogP contribution is 2.41. The fraction of sp³-hybridized carbons (Fsp3) is 0.308. The van der Waals surface area contributed by atoms with Gasteiger partial charge in [0.2, 0.25) is 0 Å². The molecule has 0 amide bonds. The molecular formula is C26H27N3O3S. The predicted molar refractivity (Wildman–Crippen MR) is 132 cm³/mol. The number of hydrogen-bond acceptors (Lipinski definition) is 7. The zero-order valence-electron chi connectivity index (χ0n) is 19.3. The first-order valence-electron chi connectivity index (χ1n) is 10.9. The highest BCUT2D eigenvalue weighted by molar-refractivity contribution is 7.16. The summed E-state index contributed by atoms with van der Waals surface area (Å²) in [5, 5.41) is 19.6. The van der Waals surface area contributed by atoms with Gasteiger partial charge in [0.05, 0.1) is 24.0 Å². The molecule has 0 bridgehead atoms. The molecule has 4 rings (SSSR count). The third-order valence-corrected chi connectivity index (χ3v) is 7.15. The molecule has 2 aromatic carbocycles. The summed E-state index contributed by atoms with van der Waals surface area (Å²) in [6.07, 6.45) is 4.41. The number of carbonyl (C=O) groups is 1. The van der Waals surface area contributed by atoms with Gasteiger partial charge in [-0.2, -0.15) is 10.2 Å². The number of fused-ring (bicyclic) bond motifs is 1. The maximum Gasteiger partial charge on any atom is 0.341 e. The fourth-order valence-corrected chi connectivity index (χ4v) is 5.22. The smallest absolute Gasteiger partial charge is 0.341 e. The number of benzene rings is 2. The van der Waals surface area contributed by atoms with E-state index in [4.69, 9.17) is 4.74 Å². The van der Waals surface area contributed by atoms with Gasteiger partial charge in [0, 0.05) is 16.7 Å². The Morgan fingerprint density at radius 1 is 1.12 bits per heavy atom. The van der Waals surface area contributed by atoms with Crippen molar-refractivity contribution in [2.75, 3.05) is 7.11 Å². The van der Waals surface area contributed by atoms with E-state index < -0.39 is 0 Å². The summed E-state index contributed by atoms with van der Waals surface area (Å²) < 4.78 is 5.03. The molecule has 3 aromatic rings. The minimum absolute atomic E-state index is 0.0819. The summed E-state index contributed by atoms with van der Waals surface area (Å²) in [5.74, 6) is 0.301. The van der Waals surface area contributed by atoms with E-state index in [1.54, 1.807) is 24.4 Å². The molecule has 1 unspecified atom stereocenters. The van der Waals surface area contributed by atoms with Crippen LogP contribution in [0.3, 0.4) is 0 Å². The SMILES string of the molecule is COC(=O)c1c(N=Cc2cc(N=Nc3ccc(C)c(C)c3)ccc2O)sc2c1CCC(C)C2. The Hall–Kier alpha value is -3.32. The van der Waals surface area contributed by atoms with Crippen LogP contribution in [-0.2, 0) is 17.6 Å². The van der Waals surface area contributed by atoms with E-state index in [1.807, 2.05) is 25.1 Å². The first-order chi connectivity index (χ1) is 15.9. The maximum absolute atomic E-state index is 12.5. The van der Waals surface area contributed by atoms with Gasteiger partial charge in [-0.1, -0.05) is 13.0 Å². The van der Waals surface area contributed by atoms with E-state index in [0.29, 0.717) is 27.7 Å². The Labute approximate surface area is 197 Å². The standard InChI is InChI=1S/C26H27N3O3S/c1-15-5-9-21-23(11-15)33-25(24(21)26(31)32-4)27-14-18-13-20(8-10-22(18)30)29-28-19-7-6-16(2)17(3)12-19/h6-8,10,12-15,30H,5,9,11H2,1-4H3. The molecule has 0 saturated carbocycles. The molecule has 0 saturated heterocycles. The van der Waals surface area contributed by atoms with Crippen LogP contribution >= 0.6 is 11.3 Å². The Morgan fingerprint density at radius 3 is 2.58 bits per heavy atom. The number of azo groups is 1. The summed E-state index contributed by atoms with van der Waals surface area (Å²) in [6, 6.07) is 10.9. The summed E-state index contributed by atoms with van der Waals surface area (Å²) >= 11 is 1.53. The van der Waals surface area contributed by atoms with Crippen LogP contribution < -0.4 is 0 Å². The number of ether oxygens (including phenoxy) is 1. The normalized spacial score (nSPS) is 15.8. The number of aryl methyl sites for hydroxylation is 2. The van der Waals surface area contributed by atoms with Gasteiger partial charge in [0.1, 0.15) is 10.8 Å². The molecule has 1 atom stereocenters. The number of rotatable bonds is 5. The third kappa shape index (κ3) is 5.03. The minimum Gasteiger partial charge on any atom is -0.507 e. The zero-order chi connectivity index (χ0) is 23.5. The van der Waals surface area contributed by atoms with Crippen LogP contribution in [-0.4, -0.2) is 24.4 Å². The number of nitrogens with zero attached hydrogens (tertiary/aromatic N) is 3. The molecule has 1 aliphatic rings. The molecule has 0 fully saturated rings. The van der Waals surface area contributed by atoms with Gasteiger partial charge >= 0.3 is 5.97 Å². The van der Waals surface area contributed by atoms with Gasteiger partial charge in [-0.05, 0) is 86.1 Å². The number of methoxy groups -OCH3 is 1. The molecule has 0 spiro atoms. The molecule has 0 aliphatic heterocycles.